The van der Waals surface area contributed by atoms with Crippen molar-refractivity contribution in [2.24, 2.45) is 4.99 Å². The molecule has 1 aromatic carbocycles. The Bertz CT molecular complexity index is 475. The fraction of sp³-hybridized carbons (Fsp3) is 0.200. The number of carbonyl (C=O) groups is 1. The smallest absolute Gasteiger partial charge is 0.326 e. The van der Waals surface area contributed by atoms with E-state index in [2.05, 4.69) is 20.9 Å². The van der Waals surface area contributed by atoms with Gasteiger partial charge in [0, 0.05) is 11.6 Å². The maximum atomic E-state index is 11.6. The Kier molecular flexibility index (Phi) is 3.71. The van der Waals surface area contributed by atoms with Crippen LogP contribution in [-0.2, 0) is 0 Å². The van der Waals surface area contributed by atoms with Crippen LogP contribution in [0.4, 0.5) is 10.5 Å². The van der Waals surface area contributed by atoms with Crippen LogP contribution in [0.5, 0.6) is 0 Å². The zero-order valence-corrected chi connectivity index (χ0v) is 10.3. The van der Waals surface area contributed by atoms with E-state index in [1.54, 1.807) is 18.2 Å². The summed E-state index contributed by atoms with van der Waals surface area (Å²) in [4.78, 5) is 15.6. The van der Waals surface area contributed by atoms with E-state index in [1.807, 2.05) is 0 Å². The molecule has 90 valence electrons. The number of nitrogens with zero attached hydrogens (tertiary/aromatic N) is 1. The van der Waals surface area contributed by atoms with Gasteiger partial charge >= 0.3 is 6.03 Å². The lowest BCUT2D eigenvalue weighted by Gasteiger charge is -2.09. The van der Waals surface area contributed by atoms with Crippen molar-refractivity contribution in [1.29, 1.82) is 0 Å². The van der Waals surface area contributed by atoms with Crippen LogP contribution in [0.25, 0.3) is 0 Å². The number of hydrogen-bond donors (Lipinski definition) is 3. The van der Waals surface area contributed by atoms with Gasteiger partial charge in [-0.2, -0.15) is 0 Å². The number of nitrogens with one attached hydrogen (secondary N) is 3. The predicted octanol–water partition coefficient (Wildman–Crippen LogP) is 2.07. The first kappa shape index (κ1) is 12.0. The van der Waals surface area contributed by atoms with Gasteiger partial charge in [-0.25, -0.2) is 4.79 Å². The highest BCUT2D eigenvalue weighted by Crippen LogP contribution is 2.25. The third kappa shape index (κ3) is 3.25. The van der Waals surface area contributed by atoms with E-state index in [-0.39, 0.29) is 0 Å². The molecule has 5 nitrogen and oxygen atoms in total. The van der Waals surface area contributed by atoms with Crippen molar-refractivity contribution in [1.82, 2.24) is 10.6 Å². The van der Waals surface area contributed by atoms with Crippen LogP contribution >= 0.6 is 23.2 Å². The zero-order chi connectivity index (χ0) is 12.3. The number of benzene rings is 1. The molecule has 17 heavy (non-hydrogen) atoms. The van der Waals surface area contributed by atoms with Crippen molar-refractivity contribution in [3.63, 3.8) is 0 Å². The second-order valence-corrected chi connectivity index (χ2v) is 4.20. The van der Waals surface area contributed by atoms with Gasteiger partial charge in [-0.15, -0.1) is 0 Å². The van der Waals surface area contributed by atoms with E-state index < -0.39 is 6.03 Å². The predicted molar refractivity (Wildman–Crippen MR) is 68.9 cm³/mol. The minimum Gasteiger partial charge on any atom is -0.354 e. The Morgan fingerprint density at radius 2 is 2.18 bits per heavy atom. The molecule has 3 N–H and O–H groups in total. The van der Waals surface area contributed by atoms with Crippen LogP contribution in [0.1, 0.15) is 0 Å². The molecule has 0 unspecified atom stereocenters. The van der Waals surface area contributed by atoms with Gasteiger partial charge in [0.2, 0.25) is 0 Å². The summed E-state index contributed by atoms with van der Waals surface area (Å²) < 4.78 is 0. The first-order chi connectivity index (χ1) is 8.15. The maximum Gasteiger partial charge on any atom is 0.326 e. The van der Waals surface area contributed by atoms with E-state index in [0.717, 1.165) is 6.54 Å². The number of anilines is 1. The number of rotatable bonds is 1. The molecule has 0 spiro atoms. The van der Waals surface area contributed by atoms with Crippen molar-refractivity contribution in [2.75, 3.05) is 18.4 Å². The van der Waals surface area contributed by atoms with Gasteiger partial charge in [-0.05, 0) is 18.2 Å². The van der Waals surface area contributed by atoms with E-state index in [0.29, 0.717) is 28.2 Å². The monoisotopic (exact) mass is 272 g/mol. The quantitative estimate of drug-likeness (QED) is 0.733. The molecule has 0 aromatic heterocycles. The van der Waals surface area contributed by atoms with E-state index in [1.165, 1.54) is 0 Å². The maximum absolute atomic E-state index is 11.6. The number of hydrogen-bond acceptors (Lipinski definition) is 3. The molecule has 0 bridgehead atoms. The van der Waals surface area contributed by atoms with E-state index >= 15 is 0 Å². The Morgan fingerprint density at radius 1 is 1.35 bits per heavy atom. The molecular formula is C10H10Cl2N4O. The first-order valence-corrected chi connectivity index (χ1v) is 5.72. The Morgan fingerprint density at radius 3 is 2.82 bits per heavy atom. The standard InChI is InChI=1S/C10H10Cl2N4O/c11-6-1-2-8(7(12)5-6)15-10(17)16-9-13-3-4-14-9/h1-2,5H,3-4H2,(H3,13,14,15,16,17). The average molecular weight is 273 g/mol. The molecule has 0 saturated heterocycles. The lowest BCUT2D eigenvalue weighted by Crippen LogP contribution is -2.40. The number of urea groups is 1. The third-order valence-corrected chi connectivity index (χ3v) is 2.63. The molecule has 0 aliphatic carbocycles. The van der Waals surface area contributed by atoms with E-state index in [9.17, 15) is 4.79 Å². The Hall–Kier alpha value is -1.46. The molecule has 1 heterocycles. The molecule has 1 aliphatic rings. The van der Waals surface area contributed by atoms with Crippen molar-refractivity contribution in [3.05, 3.63) is 28.2 Å². The zero-order valence-electron chi connectivity index (χ0n) is 8.76. The highest BCUT2D eigenvalue weighted by Gasteiger charge is 2.10. The van der Waals surface area contributed by atoms with Crippen molar-refractivity contribution in [3.8, 4) is 0 Å². The van der Waals surface area contributed by atoms with Gasteiger partial charge in [0.1, 0.15) is 0 Å². The minimum absolute atomic E-state index is 0.383. The largest absolute Gasteiger partial charge is 0.354 e. The lowest BCUT2D eigenvalue weighted by molar-refractivity contribution is 0.256. The number of amides is 2. The highest BCUT2D eigenvalue weighted by atomic mass is 35.5. The van der Waals surface area contributed by atoms with Gasteiger partial charge in [0.05, 0.1) is 17.3 Å². The first-order valence-electron chi connectivity index (χ1n) is 4.96. The van der Waals surface area contributed by atoms with Crippen molar-refractivity contribution >= 4 is 40.9 Å². The average Bonchev–Trinajstić information content (AvgIpc) is 2.75. The van der Waals surface area contributed by atoms with Crippen molar-refractivity contribution < 1.29 is 4.79 Å². The van der Waals surface area contributed by atoms with Crippen LogP contribution in [0.2, 0.25) is 10.0 Å². The molecular weight excluding hydrogens is 263 g/mol. The van der Waals surface area contributed by atoms with Crippen LogP contribution in [0.15, 0.2) is 23.2 Å². The second-order valence-electron chi connectivity index (χ2n) is 3.36. The molecule has 7 heteroatoms. The molecule has 1 aliphatic heterocycles. The SMILES string of the molecule is O=C(NC1=NCCN1)Nc1ccc(Cl)cc1Cl. The highest BCUT2D eigenvalue weighted by molar-refractivity contribution is 6.36. The van der Waals surface area contributed by atoms with Crippen LogP contribution in [0.3, 0.4) is 0 Å². The van der Waals surface area contributed by atoms with Crippen LogP contribution < -0.4 is 16.0 Å². The topological polar surface area (TPSA) is 65.5 Å². The van der Waals surface area contributed by atoms with Crippen molar-refractivity contribution in [2.45, 2.75) is 0 Å². The van der Waals surface area contributed by atoms with Gasteiger partial charge in [-0.1, -0.05) is 23.2 Å². The summed E-state index contributed by atoms with van der Waals surface area (Å²) in [5, 5.41) is 8.99. The molecule has 1 aromatic rings. The summed E-state index contributed by atoms with van der Waals surface area (Å²) in [5.74, 6) is 0.465. The summed E-state index contributed by atoms with van der Waals surface area (Å²) >= 11 is 11.7. The fourth-order valence-electron chi connectivity index (χ4n) is 1.33. The number of aliphatic imine (C=N–C) groups is 1. The number of halogens is 2. The molecule has 0 saturated carbocycles. The molecule has 0 radical (unpaired) electrons. The lowest BCUT2D eigenvalue weighted by atomic mass is 10.3. The summed E-state index contributed by atoms with van der Waals surface area (Å²) in [5.41, 5.74) is 0.493. The second kappa shape index (κ2) is 5.25. The number of carbonyl (C=O) groups excluding carboxylic acids is 1. The van der Waals surface area contributed by atoms with Gasteiger partial charge < -0.3 is 10.6 Å². The molecule has 0 atom stereocenters. The van der Waals surface area contributed by atoms with Crippen LogP contribution in [-0.4, -0.2) is 25.1 Å². The number of guanidine groups is 1. The minimum atomic E-state index is -0.401. The summed E-state index contributed by atoms with van der Waals surface area (Å²) in [6.07, 6.45) is 0. The third-order valence-electron chi connectivity index (χ3n) is 2.09. The Labute approximate surface area is 108 Å². The Balaban J connectivity index is 1.98. The van der Waals surface area contributed by atoms with Crippen LogP contribution in [0, 0.1) is 0 Å². The molecule has 2 amide bonds. The molecule has 2 rings (SSSR count). The van der Waals surface area contributed by atoms with E-state index in [4.69, 9.17) is 23.2 Å². The fourth-order valence-corrected chi connectivity index (χ4v) is 1.79. The summed E-state index contributed by atoms with van der Waals surface area (Å²) in [6.45, 7) is 1.40. The normalized spacial score (nSPS) is 13.9. The van der Waals surface area contributed by atoms with Gasteiger partial charge in [0.15, 0.2) is 5.96 Å². The summed E-state index contributed by atoms with van der Waals surface area (Å²) in [6, 6.07) is 4.44. The summed E-state index contributed by atoms with van der Waals surface area (Å²) in [7, 11) is 0. The van der Waals surface area contributed by atoms with Gasteiger partial charge in [-0.3, -0.25) is 10.3 Å². The molecule has 0 fully saturated rings. The van der Waals surface area contributed by atoms with Gasteiger partial charge in [0.25, 0.3) is 0 Å².